The molecule has 0 saturated carbocycles. The fourth-order valence-electron chi connectivity index (χ4n) is 0.441. The molecule has 1 heterocycles. The minimum absolute atomic E-state index is 0.486. The van der Waals surface area contributed by atoms with Gasteiger partial charge < -0.3 is 5.21 Å². The Kier molecular flexibility index (Phi) is 0.770. The van der Waals surface area contributed by atoms with Gasteiger partial charge in [0.15, 0.2) is 6.20 Å². The van der Waals surface area contributed by atoms with Crippen molar-refractivity contribution in [1.29, 1.82) is 0 Å². The lowest BCUT2D eigenvalue weighted by molar-refractivity contribution is -0.761. The third-order valence-corrected chi connectivity index (χ3v) is 0.798. The average Bonchev–Trinajstić information content (AvgIpc) is 1.84. The number of hydroxylamine groups is 3. The number of quaternary nitrogens is 1. The number of nitrogens with zero attached hydrogens (tertiary/aromatic N) is 1. The van der Waals surface area contributed by atoms with Crippen molar-refractivity contribution >= 4 is 0 Å². The van der Waals surface area contributed by atoms with E-state index in [4.69, 9.17) is 0 Å². The highest BCUT2D eigenvalue weighted by atomic mass is 16.5. The lowest BCUT2D eigenvalue weighted by Crippen LogP contribution is -2.20. The molecule has 0 fully saturated rings. The maximum atomic E-state index is 10.6. The van der Waals surface area contributed by atoms with Crippen LogP contribution in [0.15, 0.2) is 18.4 Å². The van der Waals surface area contributed by atoms with Crippen molar-refractivity contribution in [2.45, 2.75) is 0 Å². The molecule has 0 amide bonds. The molecule has 0 bridgehead atoms. The molecule has 0 aromatic carbocycles. The summed E-state index contributed by atoms with van der Waals surface area (Å²) in [4.78, 5) is 0. The monoisotopic (exact) mass is 96.0 g/mol. The molecular formula is C5H6NO. The molecule has 7 heavy (non-hydrogen) atoms. The van der Waals surface area contributed by atoms with Gasteiger partial charge in [0.1, 0.15) is 6.20 Å². The average molecular weight is 96.1 g/mol. The Morgan fingerprint density at radius 1 is 1.71 bits per heavy atom. The van der Waals surface area contributed by atoms with Crippen LogP contribution in [0.3, 0.4) is 0 Å². The van der Waals surface area contributed by atoms with E-state index in [2.05, 4.69) is 6.20 Å². The third-order valence-electron chi connectivity index (χ3n) is 0.798. The Labute approximate surface area is 42.5 Å². The summed E-state index contributed by atoms with van der Waals surface area (Å²) in [6.45, 7) is 0. The van der Waals surface area contributed by atoms with Crippen LogP contribution >= 0.6 is 0 Å². The zero-order valence-electron chi connectivity index (χ0n) is 4.09. The van der Waals surface area contributed by atoms with E-state index in [0.717, 1.165) is 0 Å². The van der Waals surface area contributed by atoms with Crippen molar-refractivity contribution in [1.82, 2.24) is 0 Å². The SMILES string of the molecule is C[N+]1([O-])[C]=CC=C1. The van der Waals surface area contributed by atoms with Crippen molar-refractivity contribution < 1.29 is 4.65 Å². The maximum absolute atomic E-state index is 10.6. The first-order valence-corrected chi connectivity index (χ1v) is 2.07. The second-order valence-electron chi connectivity index (χ2n) is 1.63. The van der Waals surface area contributed by atoms with Crippen LogP contribution in [0.4, 0.5) is 0 Å². The number of allylic oxidation sites excluding steroid dienone is 2. The van der Waals surface area contributed by atoms with E-state index in [-0.39, 0.29) is 0 Å². The number of hydrogen-bond acceptors (Lipinski definition) is 1. The molecule has 0 spiro atoms. The van der Waals surface area contributed by atoms with E-state index in [1.807, 2.05) is 0 Å². The first-order valence-electron chi connectivity index (χ1n) is 2.07. The first-order chi connectivity index (χ1) is 3.21. The quantitative estimate of drug-likeness (QED) is 0.322. The van der Waals surface area contributed by atoms with Gasteiger partial charge in [-0.25, -0.2) is 0 Å². The lowest BCUT2D eigenvalue weighted by atomic mass is 10.6. The Morgan fingerprint density at radius 3 is 2.57 bits per heavy atom. The highest BCUT2D eigenvalue weighted by Gasteiger charge is 2.03. The summed E-state index contributed by atoms with van der Waals surface area (Å²) < 4.78 is -0.486. The van der Waals surface area contributed by atoms with E-state index in [1.54, 1.807) is 12.2 Å². The van der Waals surface area contributed by atoms with Gasteiger partial charge in [-0.1, -0.05) is 0 Å². The fraction of sp³-hybridized carbons (Fsp3) is 0.200. The molecule has 1 aliphatic heterocycles. The molecule has 1 aliphatic rings. The van der Waals surface area contributed by atoms with Crippen LogP contribution in [0.2, 0.25) is 0 Å². The zero-order chi connectivity index (χ0) is 5.33. The van der Waals surface area contributed by atoms with Crippen molar-refractivity contribution in [3.05, 3.63) is 29.8 Å². The molecule has 0 N–H and O–H groups in total. The Balaban J connectivity index is 2.77. The van der Waals surface area contributed by atoms with Gasteiger partial charge in [0.2, 0.25) is 0 Å². The van der Waals surface area contributed by atoms with Gasteiger partial charge in [-0.15, -0.1) is 0 Å². The van der Waals surface area contributed by atoms with Crippen LogP contribution in [0, 0.1) is 11.4 Å². The van der Waals surface area contributed by atoms with Crippen LogP contribution < -0.4 is 0 Å². The predicted molar refractivity (Wildman–Crippen MR) is 26.5 cm³/mol. The largest absolute Gasteiger partial charge is 0.622 e. The van der Waals surface area contributed by atoms with Crippen LogP contribution in [-0.4, -0.2) is 11.7 Å². The van der Waals surface area contributed by atoms with E-state index in [1.165, 1.54) is 13.2 Å². The summed E-state index contributed by atoms with van der Waals surface area (Å²) in [6.07, 6.45) is 7.36. The van der Waals surface area contributed by atoms with Crippen molar-refractivity contribution in [3.8, 4) is 0 Å². The van der Waals surface area contributed by atoms with Crippen molar-refractivity contribution in [2.24, 2.45) is 0 Å². The Hall–Kier alpha value is -0.600. The molecule has 1 unspecified atom stereocenters. The van der Waals surface area contributed by atoms with Crippen LogP contribution in [-0.2, 0) is 0 Å². The predicted octanol–water partition coefficient (Wildman–Crippen LogP) is 0.775. The highest BCUT2D eigenvalue weighted by molar-refractivity contribution is 4.99. The second kappa shape index (κ2) is 1.18. The van der Waals surface area contributed by atoms with E-state index < -0.39 is 4.65 Å². The molecule has 2 nitrogen and oxygen atoms in total. The molecule has 1 atom stereocenters. The van der Waals surface area contributed by atoms with Crippen LogP contribution in [0.1, 0.15) is 0 Å². The molecule has 1 rings (SSSR count). The number of hydrogen-bond donors (Lipinski definition) is 0. The van der Waals surface area contributed by atoms with Gasteiger partial charge in [-0.05, 0) is 6.08 Å². The third kappa shape index (κ3) is 0.885. The van der Waals surface area contributed by atoms with Gasteiger partial charge in [0, 0.05) is 6.08 Å². The standard InChI is InChI=1S/C5H6NO/c1-6(7)4-2-3-5-6/h2-4H,1H3. The first kappa shape index (κ1) is 4.56. The van der Waals surface area contributed by atoms with E-state index >= 15 is 0 Å². The number of rotatable bonds is 0. The van der Waals surface area contributed by atoms with Crippen molar-refractivity contribution in [3.63, 3.8) is 0 Å². The van der Waals surface area contributed by atoms with E-state index in [0.29, 0.717) is 0 Å². The van der Waals surface area contributed by atoms with Gasteiger partial charge in [-0.2, -0.15) is 0 Å². The van der Waals surface area contributed by atoms with Gasteiger partial charge >= 0.3 is 0 Å². The summed E-state index contributed by atoms with van der Waals surface area (Å²) in [6, 6.07) is 0. The Morgan fingerprint density at radius 2 is 2.43 bits per heavy atom. The summed E-state index contributed by atoms with van der Waals surface area (Å²) in [5.74, 6) is 0. The molecule has 2 heteroatoms. The molecule has 0 aromatic rings. The fourth-order valence-corrected chi connectivity index (χ4v) is 0.441. The smallest absolute Gasteiger partial charge is 0.199 e. The topological polar surface area (TPSA) is 23.1 Å². The summed E-state index contributed by atoms with van der Waals surface area (Å²) in [5.41, 5.74) is 0. The molecule has 37 valence electrons. The van der Waals surface area contributed by atoms with Gasteiger partial charge in [0.25, 0.3) is 0 Å². The second-order valence-corrected chi connectivity index (χ2v) is 1.63. The summed E-state index contributed by atoms with van der Waals surface area (Å²) >= 11 is 0. The van der Waals surface area contributed by atoms with Crippen LogP contribution in [0.5, 0.6) is 0 Å². The normalized spacial score (nSPS) is 23.7. The van der Waals surface area contributed by atoms with E-state index in [9.17, 15) is 5.21 Å². The lowest BCUT2D eigenvalue weighted by Gasteiger charge is -2.24. The Bertz CT molecular complexity index is 110. The zero-order valence-corrected chi connectivity index (χ0v) is 4.09. The summed E-state index contributed by atoms with van der Waals surface area (Å²) in [7, 11) is 1.51. The molecule has 0 saturated heterocycles. The minimum Gasteiger partial charge on any atom is -0.622 e. The summed E-state index contributed by atoms with van der Waals surface area (Å²) in [5, 5.41) is 10.6. The molecular weight excluding hydrogens is 90.1 g/mol. The highest BCUT2D eigenvalue weighted by Crippen LogP contribution is 2.06. The van der Waals surface area contributed by atoms with Gasteiger partial charge in [0.05, 0.1) is 7.05 Å². The molecule has 0 aromatic heterocycles. The molecule has 0 aliphatic carbocycles. The minimum atomic E-state index is -0.486. The maximum Gasteiger partial charge on any atom is 0.199 e. The van der Waals surface area contributed by atoms with Gasteiger partial charge in [-0.3, -0.25) is 4.65 Å². The molecule has 1 radical (unpaired) electrons. The van der Waals surface area contributed by atoms with Crippen molar-refractivity contribution in [2.75, 3.05) is 7.05 Å². The van der Waals surface area contributed by atoms with Crippen LogP contribution in [0.25, 0.3) is 0 Å².